The number of ether oxygens (including phenoxy) is 1. The summed E-state index contributed by atoms with van der Waals surface area (Å²) in [6.07, 6.45) is 0. The smallest absolute Gasteiger partial charge is 0.261 e. The van der Waals surface area contributed by atoms with Gasteiger partial charge in [-0.2, -0.15) is 0 Å². The summed E-state index contributed by atoms with van der Waals surface area (Å²) in [6, 6.07) is 13.3. The lowest BCUT2D eigenvalue weighted by molar-refractivity contribution is -0.142. The largest absolute Gasteiger partial charge is 0.484 e. The van der Waals surface area contributed by atoms with E-state index in [2.05, 4.69) is 5.32 Å². The fourth-order valence-electron chi connectivity index (χ4n) is 2.50. The van der Waals surface area contributed by atoms with E-state index < -0.39 is 6.04 Å². The van der Waals surface area contributed by atoms with Crippen LogP contribution in [0.5, 0.6) is 5.75 Å². The van der Waals surface area contributed by atoms with Crippen molar-refractivity contribution in [2.75, 3.05) is 13.2 Å². The Labute approximate surface area is 169 Å². The lowest BCUT2D eigenvalue weighted by atomic mass is 10.1. The summed E-state index contributed by atoms with van der Waals surface area (Å²) in [5.74, 6) is 0.00386. The molecule has 0 bridgehead atoms. The second-order valence-electron chi connectivity index (χ2n) is 5.96. The van der Waals surface area contributed by atoms with Crippen molar-refractivity contribution in [3.63, 3.8) is 0 Å². The fraction of sp³-hybridized carbons (Fsp3) is 0.300. The molecule has 2 amide bonds. The Morgan fingerprint density at radius 2 is 1.81 bits per heavy atom. The van der Waals surface area contributed by atoms with Crippen molar-refractivity contribution in [1.29, 1.82) is 0 Å². The third kappa shape index (κ3) is 6.45. The van der Waals surface area contributed by atoms with Gasteiger partial charge >= 0.3 is 0 Å². The summed E-state index contributed by atoms with van der Waals surface area (Å²) in [4.78, 5) is 26.5. The molecule has 2 aromatic rings. The average molecular weight is 409 g/mol. The second kappa shape index (κ2) is 10.2. The van der Waals surface area contributed by atoms with Crippen molar-refractivity contribution in [1.82, 2.24) is 10.2 Å². The number of carbonyl (C=O) groups is 2. The first-order valence-electron chi connectivity index (χ1n) is 8.60. The molecule has 27 heavy (non-hydrogen) atoms. The van der Waals surface area contributed by atoms with E-state index in [1.54, 1.807) is 49.4 Å². The summed E-state index contributed by atoms with van der Waals surface area (Å²) < 4.78 is 5.55. The number of nitrogens with zero attached hydrogens (tertiary/aromatic N) is 1. The molecule has 7 heteroatoms. The Balaban J connectivity index is 2.12. The van der Waals surface area contributed by atoms with Crippen LogP contribution < -0.4 is 10.1 Å². The highest BCUT2D eigenvalue weighted by Crippen LogP contribution is 2.17. The highest BCUT2D eigenvalue weighted by Gasteiger charge is 2.26. The van der Waals surface area contributed by atoms with Gasteiger partial charge in [-0.05, 0) is 55.8 Å². The standard InChI is InChI=1S/C20H22Cl2N2O3/c1-3-23-20(26)14(2)24(12-15-5-4-6-17(22)11-15)19(25)13-27-18-9-7-16(21)8-10-18/h4-11,14H,3,12-13H2,1-2H3,(H,23,26)/t14-/m1/s1. The highest BCUT2D eigenvalue weighted by atomic mass is 35.5. The molecule has 1 atom stereocenters. The molecule has 0 fully saturated rings. The molecular formula is C20H22Cl2N2O3. The molecule has 0 aliphatic heterocycles. The molecule has 2 rings (SSSR count). The molecule has 1 N–H and O–H groups in total. The molecule has 0 radical (unpaired) electrons. The Kier molecular flexibility index (Phi) is 7.95. The molecule has 0 spiro atoms. The van der Waals surface area contributed by atoms with Gasteiger partial charge in [-0.25, -0.2) is 0 Å². The zero-order valence-corrected chi connectivity index (χ0v) is 16.8. The van der Waals surface area contributed by atoms with Gasteiger partial charge in [0.1, 0.15) is 11.8 Å². The van der Waals surface area contributed by atoms with Crippen LogP contribution in [-0.4, -0.2) is 35.9 Å². The van der Waals surface area contributed by atoms with E-state index in [0.29, 0.717) is 22.3 Å². The van der Waals surface area contributed by atoms with Crippen molar-refractivity contribution >= 4 is 35.0 Å². The number of rotatable bonds is 8. The number of likely N-dealkylation sites (N-methyl/N-ethyl adjacent to an activating group) is 1. The van der Waals surface area contributed by atoms with E-state index in [1.165, 1.54) is 4.90 Å². The molecule has 0 unspecified atom stereocenters. The van der Waals surface area contributed by atoms with Crippen LogP contribution in [0, 0.1) is 0 Å². The van der Waals surface area contributed by atoms with Gasteiger partial charge in [-0.15, -0.1) is 0 Å². The number of hydrogen-bond donors (Lipinski definition) is 1. The number of halogens is 2. The van der Waals surface area contributed by atoms with Crippen LogP contribution in [0.15, 0.2) is 48.5 Å². The summed E-state index contributed by atoms with van der Waals surface area (Å²) >= 11 is 11.9. The first-order valence-corrected chi connectivity index (χ1v) is 9.36. The molecular weight excluding hydrogens is 387 g/mol. The van der Waals surface area contributed by atoms with Crippen molar-refractivity contribution in [3.8, 4) is 5.75 Å². The van der Waals surface area contributed by atoms with Crippen molar-refractivity contribution in [2.24, 2.45) is 0 Å². The fourth-order valence-corrected chi connectivity index (χ4v) is 2.83. The quantitative estimate of drug-likeness (QED) is 0.719. The van der Waals surface area contributed by atoms with Crippen LogP contribution in [0.1, 0.15) is 19.4 Å². The van der Waals surface area contributed by atoms with Gasteiger partial charge in [0, 0.05) is 23.1 Å². The van der Waals surface area contributed by atoms with Crippen LogP contribution in [0.25, 0.3) is 0 Å². The second-order valence-corrected chi connectivity index (χ2v) is 6.84. The maximum Gasteiger partial charge on any atom is 0.261 e. The normalized spacial score (nSPS) is 11.6. The summed E-state index contributed by atoms with van der Waals surface area (Å²) in [5.41, 5.74) is 0.832. The molecule has 144 valence electrons. The van der Waals surface area contributed by atoms with Crippen LogP contribution in [-0.2, 0) is 16.1 Å². The molecule has 0 aliphatic carbocycles. The molecule has 0 saturated carbocycles. The summed E-state index contributed by atoms with van der Waals surface area (Å²) in [7, 11) is 0. The maximum absolute atomic E-state index is 12.8. The van der Waals surface area contributed by atoms with Gasteiger partial charge in [0.05, 0.1) is 0 Å². The molecule has 0 aromatic heterocycles. The van der Waals surface area contributed by atoms with Gasteiger partial charge < -0.3 is 15.0 Å². The minimum absolute atomic E-state index is 0.189. The lowest BCUT2D eigenvalue weighted by Crippen LogP contribution is -2.49. The number of carbonyl (C=O) groups excluding carboxylic acids is 2. The van der Waals surface area contributed by atoms with Gasteiger partial charge in [-0.3, -0.25) is 9.59 Å². The minimum atomic E-state index is -0.648. The van der Waals surface area contributed by atoms with Gasteiger partial charge in [-0.1, -0.05) is 35.3 Å². The minimum Gasteiger partial charge on any atom is -0.484 e. The van der Waals surface area contributed by atoms with Gasteiger partial charge in [0.2, 0.25) is 5.91 Å². The third-order valence-corrected chi connectivity index (χ3v) is 4.42. The Hall–Kier alpha value is -2.24. The number of benzene rings is 2. The predicted octanol–water partition coefficient (Wildman–Crippen LogP) is 3.93. The summed E-state index contributed by atoms with van der Waals surface area (Å²) in [6.45, 7) is 4.07. The van der Waals surface area contributed by atoms with Crippen LogP contribution in [0.2, 0.25) is 10.0 Å². The number of amides is 2. The van der Waals surface area contributed by atoms with Crippen molar-refractivity contribution in [2.45, 2.75) is 26.4 Å². The third-order valence-electron chi connectivity index (χ3n) is 3.94. The average Bonchev–Trinajstić information content (AvgIpc) is 2.65. The Morgan fingerprint density at radius 3 is 2.44 bits per heavy atom. The Bertz CT molecular complexity index is 781. The topological polar surface area (TPSA) is 58.6 Å². The maximum atomic E-state index is 12.8. The Morgan fingerprint density at radius 1 is 1.11 bits per heavy atom. The molecule has 0 saturated heterocycles. The zero-order valence-electron chi connectivity index (χ0n) is 15.2. The van der Waals surface area contributed by atoms with E-state index >= 15 is 0 Å². The van der Waals surface area contributed by atoms with Crippen LogP contribution in [0.3, 0.4) is 0 Å². The van der Waals surface area contributed by atoms with E-state index in [9.17, 15) is 9.59 Å². The van der Waals surface area contributed by atoms with E-state index in [1.807, 2.05) is 13.0 Å². The number of nitrogens with one attached hydrogen (secondary N) is 1. The monoisotopic (exact) mass is 408 g/mol. The SMILES string of the molecule is CCNC(=O)[C@@H](C)N(Cc1cccc(Cl)c1)C(=O)COc1ccc(Cl)cc1. The van der Waals surface area contributed by atoms with Crippen molar-refractivity contribution in [3.05, 3.63) is 64.1 Å². The van der Waals surface area contributed by atoms with Gasteiger partial charge in [0.15, 0.2) is 6.61 Å². The van der Waals surface area contributed by atoms with Crippen LogP contribution in [0.4, 0.5) is 0 Å². The highest BCUT2D eigenvalue weighted by molar-refractivity contribution is 6.30. The summed E-state index contributed by atoms with van der Waals surface area (Å²) in [5, 5.41) is 3.90. The molecule has 2 aromatic carbocycles. The zero-order chi connectivity index (χ0) is 19.8. The van der Waals surface area contributed by atoms with E-state index in [0.717, 1.165) is 5.56 Å². The molecule has 0 aliphatic rings. The molecule has 0 heterocycles. The van der Waals surface area contributed by atoms with Gasteiger partial charge in [0.25, 0.3) is 5.91 Å². The van der Waals surface area contributed by atoms with Crippen LogP contribution >= 0.6 is 23.2 Å². The first-order chi connectivity index (χ1) is 12.9. The lowest BCUT2D eigenvalue weighted by Gasteiger charge is -2.28. The first kappa shape index (κ1) is 21.1. The van der Waals surface area contributed by atoms with Crippen molar-refractivity contribution < 1.29 is 14.3 Å². The van der Waals surface area contributed by atoms with E-state index in [4.69, 9.17) is 27.9 Å². The van der Waals surface area contributed by atoms with E-state index in [-0.39, 0.29) is 25.0 Å². The molecule has 5 nitrogen and oxygen atoms in total. The number of hydrogen-bond acceptors (Lipinski definition) is 3. The predicted molar refractivity (Wildman–Crippen MR) is 107 cm³/mol.